The van der Waals surface area contributed by atoms with Crippen LogP contribution in [0.2, 0.25) is 0 Å². The van der Waals surface area contributed by atoms with Gasteiger partial charge in [-0.3, -0.25) is 4.99 Å². The Bertz CT molecular complexity index is 625. The molecule has 2 aliphatic heterocycles. The smallest absolute Gasteiger partial charge is 0.191 e. The Morgan fingerprint density at radius 3 is 2.57 bits per heavy atom. The molecule has 0 bridgehead atoms. The first-order valence-corrected chi connectivity index (χ1v) is 12.1. The third-order valence-electron chi connectivity index (χ3n) is 6.52. The van der Waals surface area contributed by atoms with Crippen LogP contribution in [-0.4, -0.2) is 67.7 Å². The second kappa shape index (κ2) is 9.92. The number of aliphatic imine (C=N–C) groups is 1. The van der Waals surface area contributed by atoms with E-state index < -0.39 is 0 Å². The van der Waals surface area contributed by atoms with Gasteiger partial charge in [0.05, 0.1) is 5.69 Å². The lowest BCUT2D eigenvalue weighted by molar-refractivity contribution is 0.150. The van der Waals surface area contributed by atoms with Gasteiger partial charge in [0.2, 0.25) is 0 Å². The van der Waals surface area contributed by atoms with Crippen LogP contribution in [0.25, 0.3) is 0 Å². The van der Waals surface area contributed by atoms with E-state index in [1.165, 1.54) is 88.4 Å². The van der Waals surface area contributed by atoms with E-state index in [2.05, 4.69) is 30.8 Å². The second-order valence-corrected chi connectivity index (χ2v) is 9.29. The lowest BCUT2D eigenvalue weighted by atomic mass is 10.0. The van der Waals surface area contributed by atoms with Crippen LogP contribution in [-0.2, 0) is 6.42 Å². The Balaban J connectivity index is 1.16. The van der Waals surface area contributed by atoms with E-state index in [-0.39, 0.29) is 0 Å². The van der Waals surface area contributed by atoms with Crippen molar-refractivity contribution in [3.05, 3.63) is 11.1 Å². The van der Waals surface area contributed by atoms with Gasteiger partial charge in [-0.05, 0) is 38.5 Å². The third-order valence-corrected chi connectivity index (χ3v) is 7.48. The number of thiazole rings is 1. The molecular weight excluding hydrogens is 368 g/mol. The number of nitrogens with one attached hydrogen (secondary N) is 2. The molecule has 0 spiro atoms. The first-order chi connectivity index (χ1) is 13.8. The van der Waals surface area contributed by atoms with Gasteiger partial charge >= 0.3 is 0 Å². The summed E-state index contributed by atoms with van der Waals surface area (Å²) in [5.41, 5.74) is 1.19. The average Bonchev–Trinajstić information content (AvgIpc) is 3.50. The largest absolute Gasteiger partial charge is 0.356 e. The standard InChI is InChI=1S/C21H36N6S/c1-22-20(24-17-9-14-26(15-10-17)19-6-2-3-7-19)23-11-8-18-16-28-21(25-18)27-12-4-5-13-27/h16-17,19H,2-15H2,1H3,(H2,22,23,24). The van der Waals surface area contributed by atoms with Crippen molar-refractivity contribution in [2.24, 2.45) is 4.99 Å². The number of guanidine groups is 1. The summed E-state index contributed by atoms with van der Waals surface area (Å²) < 4.78 is 0. The van der Waals surface area contributed by atoms with Gasteiger partial charge in [0.15, 0.2) is 11.1 Å². The fourth-order valence-electron chi connectivity index (χ4n) is 4.84. The van der Waals surface area contributed by atoms with Gasteiger partial charge in [-0.15, -0.1) is 11.3 Å². The molecule has 0 amide bonds. The second-order valence-electron chi connectivity index (χ2n) is 8.46. The first kappa shape index (κ1) is 20.0. The van der Waals surface area contributed by atoms with E-state index in [0.717, 1.165) is 25.0 Å². The molecule has 0 atom stereocenters. The molecule has 6 nitrogen and oxygen atoms in total. The summed E-state index contributed by atoms with van der Waals surface area (Å²) in [6.07, 6.45) is 11.7. The lowest BCUT2D eigenvalue weighted by Crippen LogP contribution is -2.50. The number of hydrogen-bond donors (Lipinski definition) is 2. The Morgan fingerprint density at radius 2 is 1.86 bits per heavy atom. The number of hydrogen-bond acceptors (Lipinski definition) is 5. The number of rotatable bonds is 6. The zero-order valence-electron chi connectivity index (χ0n) is 17.3. The average molecular weight is 405 g/mol. The Kier molecular flexibility index (Phi) is 7.07. The quantitative estimate of drug-likeness (QED) is 0.564. The molecule has 1 saturated carbocycles. The summed E-state index contributed by atoms with van der Waals surface area (Å²) in [6, 6.07) is 1.41. The van der Waals surface area contributed by atoms with Gasteiger partial charge in [0.25, 0.3) is 0 Å². The zero-order valence-corrected chi connectivity index (χ0v) is 18.1. The highest BCUT2D eigenvalue weighted by Crippen LogP contribution is 2.26. The molecule has 1 aliphatic carbocycles. The van der Waals surface area contributed by atoms with Crippen molar-refractivity contribution in [2.75, 3.05) is 44.7 Å². The van der Waals surface area contributed by atoms with E-state index in [9.17, 15) is 0 Å². The molecule has 1 aromatic heterocycles. The van der Waals surface area contributed by atoms with Crippen LogP contribution in [0.1, 0.15) is 57.1 Å². The highest BCUT2D eigenvalue weighted by molar-refractivity contribution is 7.13. The monoisotopic (exact) mass is 404 g/mol. The van der Waals surface area contributed by atoms with Crippen molar-refractivity contribution in [1.82, 2.24) is 20.5 Å². The predicted octanol–water partition coefficient (Wildman–Crippen LogP) is 2.86. The predicted molar refractivity (Wildman–Crippen MR) is 119 cm³/mol. The van der Waals surface area contributed by atoms with Crippen molar-refractivity contribution in [3.63, 3.8) is 0 Å². The molecule has 156 valence electrons. The Labute approximate surface area is 173 Å². The topological polar surface area (TPSA) is 55.8 Å². The fraction of sp³-hybridized carbons (Fsp3) is 0.810. The summed E-state index contributed by atoms with van der Waals surface area (Å²) in [7, 11) is 1.87. The van der Waals surface area contributed by atoms with Crippen LogP contribution in [0.5, 0.6) is 0 Å². The molecule has 1 aromatic rings. The number of piperidine rings is 1. The molecule has 0 radical (unpaired) electrons. The summed E-state index contributed by atoms with van der Waals surface area (Å²) in [4.78, 5) is 14.4. The number of nitrogens with zero attached hydrogens (tertiary/aromatic N) is 4. The van der Waals surface area contributed by atoms with Gasteiger partial charge in [-0.2, -0.15) is 0 Å². The van der Waals surface area contributed by atoms with Crippen molar-refractivity contribution >= 4 is 22.4 Å². The summed E-state index contributed by atoms with van der Waals surface area (Å²) in [5.74, 6) is 0.939. The molecule has 0 aromatic carbocycles. The van der Waals surface area contributed by atoms with Crippen LogP contribution < -0.4 is 15.5 Å². The minimum absolute atomic E-state index is 0.546. The van der Waals surface area contributed by atoms with Crippen LogP contribution in [0.4, 0.5) is 5.13 Å². The third kappa shape index (κ3) is 5.17. The summed E-state index contributed by atoms with van der Waals surface area (Å²) >= 11 is 1.79. The van der Waals surface area contributed by atoms with Gasteiger partial charge in [0, 0.05) is 63.7 Å². The zero-order chi connectivity index (χ0) is 19.2. The molecule has 3 aliphatic rings. The number of anilines is 1. The molecule has 4 rings (SSSR count). The van der Waals surface area contributed by atoms with E-state index in [4.69, 9.17) is 4.98 Å². The van der Waals surface area contributed by atoms with Gasteiger partial charge in [-0.1, -0.05) is 12.8 Å². The Morgan fingerprint density at radius 1 is 1.11 bits per heavy atom. The maximum Gasteiger partial charge on any atom is 0.191 e. The SMILES string of the molecule is CN=C(NCCc1csc(N2CCCC2)n1)NC1CCN(C2CCCC2)CC1. The van der Waals surface area contributed by atoms with E-state index in [1.54, 1.807) is 11.3 Å². The van der Waals surface area contributed by atoms with Gasteiger partial charge in [0.1, 0.15) is 0 Å². The summed E-state index contributed by atoms with van der Waals surface area (Å²) in [5, 5.41) is 10.5. The molecule has 0 unspecified atom stereocenters. The lowest BCUT2D eigenvalue weighted by Gasteiger charge is -2.36. The fourth-order valence-corrected chi connectivity index (χ4v) is 5.75. The van der Waals surface area contributed by atoms with E-state index in [1.807, 2.05) is 7.05 Å². The molecule has 7 heteroatoms. The summed E-state index contributed by atoms with van der Waals surface area (Å²) in [6.45, 7) is 5.68. The molecular formula is C21H36N6S. The van der Waals surface area contributed by atoms with Crippen LogP contribution in [0.3, 0.4) is 0 Å². The van der Waals surface area contributed by atoms with Gasteiger partial charge < -0.3 is 20.4 Å². The number of aromatic nitrogens is 1. The van der Waals surface area contributed by atoms with Crippen LogP contribution in [0.15, 0.2) is 10.4 Å². The van der Waals surface area contributed by atoms with E-state index in [0.29, 0.717) is 6.04 Å². The minimum Gasteiger partial charge on any atom is -0.356 e. The highest BCUT2D eigenvalue weighted by Gasteiger charge is 2.27. The van der Waals surface area contributed by atoms with Crippen molar-refractivity contribution in [2.45, 2.75) is 69.9 Å². The van der Waals surface area contributed by atoms with Crippen LogP contribution in [0, 0.1) is 0 Å². The molecule has 3 heterocycles. The normalized spacial score (nSPS) is 22.9. The Hall–Kier alpha value is -1.34. The molecule has 28 heavy (non-hydrogen) atoms. The molecule has 2 N–H and O–H groups in total. The molecule has 2 saturated heterocycles. The maximum absolute atomic E-state index is 4.82. The van der Waals surface area contributed by atoms with Gasteiger partial charge in [-0.25, -0.2) is 4.98 Å². The maximum atomic E-state index is 4.82. The number of likely N-dealkylation sites (tertiary alicyclic amines) is 1. The van der Waals surface area contributed by atoms with E-state index >= 15 is 0 Å². The van der Waals surface area contributed by atoms with Crippen LogP contribution >= 0.6 is 11.3 Å². The highest BCUT2D eigenvalue weighted by atomic mass is 32.1. The minimum atomic E-state index is 0.546. The molecule has 3 fully saturated rings. The first-order valence-electron chi connectivity index (χ1n) is 11.2. The van der Waals surface area contributed by atoms with Crippen molar-refractivity contribution < 1.29 is 0 Å². The van der Waals surface area contributed by atoms with Crippen molar-refractivity contribution in [3.8, 4) is 0 Å². The van der Waals surface area contributed by atoms with Crippen molar-refractivity contribution in [1.29, 1.82) is 0 Å².